The van der Waals surface area contributed by atoms with Crippen LogP contribution in [-0.4, -0.2) is 30.3 Å². The monoisotopic (exact) mass is 477 g/mol. The van der Waals surface area contributed by atoms with Gasteiger partial charge in [0, 0.05) is 10.0 Å². The van der Waals surface area contributed by atoms with Gasteiger partial charge in [-0.25, -0.2) is 13.2 Å². The minimum atomic E-state index is -3.96. The molecule has 0 aliphatic heterocycles. The summed E-state index contributed by atoms with van der Waals surface area (Å²) in [6.07, 6.45) is -0.215. The number of alkyl carbamates (subject to hydrolysis) is 1. The number of hydrogen-bond acceptors (Lipinski definition) is 7. The highest BCUT2D eigenvalue weighted by atomic mass is 35.5. The molecule has 1 amide bonds. The molecule has 8 nitrogen and oxygen atoms in total. The maximum Gasteiger partial charge on any atom is 0.408 e. The van der Waals surface area contributed by atoms with Crippen molar-refractivity contribution in [1.82, 2.24) is 15.5 Å². The van der Waals surface area contributed by atoms with Crippen molar-refractivity contribution in [3.8, 4) is 0 Å². The van der Waals surface area contributed by atoms with E-state index in [4.69, 9.17) is 32.4 Å². The average Bonchev–Trinajstić information content (AvgIpc) is 3.05. The van der Waals surface area contributed by atoms with E-state index in [2.05, 4.69) is 15.5 Å². The zero-order valence-electron chi connectivity index (χ0n) is 17.4. The van der Waals surface area contributed by atoms with Crippen LogP contribution in [0.2, 0.25) is 10.0 Å². The highest BCUT2D eigenvalue weighted by Gasteiger charge is 2.29. The van der Waals surface area contributed by atoms with Gasteiger partial charge in [-0.05, 0) is 50.8 Å². The average molecular weight is 478 g/mol. The molecule has 166 valence electrons. The lowest BCUT2D eigenvalue weighted by Crippen LogP contribution is -2.35. The minimum Gasteiger partial charge on any atom is -0.444 e. The number of carbonyl (C=O) groups excluding carboxylic acids is 1. The van der Waals surface area contributed by atoms with Crippen LogP contribution < -0.4 is 5.32 Å². The molecule has 2 rings (SSSR count). The van der Waals surface area contributed by atoms with Gasteiger partial charge in [0.05, 0.1) is 5.75 Å². The van der Waals surface area contributed by atoms with Crippen molar-refractivity contribution in [3.63, 3.8) is 0 Å². The number of halogens is 2. The molecule has 0 fully saturated rings. The van der Waals surface area contributed by atoms with Crippen LogP contribution in [0.1, 0.15) is 58.5 Å². The van der Waals surface area contributed by atoms with E-state index in [0.29, 0.717) is 17.0 Å². The smallest absolute Gasteiger partial charge is 0.408 e. The molecule has 0 radical (unpaired) electrons. The normalized spacial score (nSPS) is 13.3. The molecule has 1 heterocycles. The predicted molar refractivity (Wildman–Crippen MR) is 113 cm³/mol. The van der Waals surface area contributed by atoms with E-state index < -0.39 is 38.5 Å². The Morgan fingerprint density at radius 1 is 1.23 bits per heavy atom. The van der Waals surface area contributed by atoms with Gasteiger partial charge in [0.15, 0.2) is 0 Å². The highest BCUT2D eigenvalue weighted by Crippen LogP contribution is 2.27. The summed E-state index contributed by atoms with van der Waals surface area (Å²) in [6, 6.07) is 3.82. The number of amides is 1. The van der Waals surface area contributed by atoms with Crippen LogP contribution in [0.5, 0.6) is 0 Å². The quantitative estimate of drug-likeness (QED) is 0.599. The van der Waals surface area contributed by atoms with E-state index in [1.54, 1.807) is 26.8 Å². The summed E-state index contributed by atoms with van der Waals surface area (Å²) < 4.78 is 36.1. The highest BCUT2D eigenvalue weighted by molar-refractivity contribution is 7.90. The Labute approximate surface area is 186 Å². The number of nitrogens with one attached hydrogen (secondary N) is 1. The van der Waals surface area contributed by atoms with Crippen LogP contribution in [-0.2, 0) is 20.3 Å². The molecule has 1 N–H and O–H groups in total. The molecule has 30 heavy (non-hydrogen) atoms. The van der Waals surface area contributed by atoms with Gasteiger partial charge in [-0.1, -0.05) is 48.2 Å². The largest absolute Gasteiger partial charge is 0.444 e. The minimum absolute atomic E-state index is 0.0182. The Balaban J connectivity index is 2.24. The Hall–Kier alpha value is -1.84. The third kappa shape index (κ3) is 7.14. The van der Waals surface area contributed by atoms with Crippen LogP contribution in [0.3, 0.4) is 0 Å². The van der Waals surface area contributed by atoms with Crippen LogP contribution in [0.4, 0.5) is 4.79 Å². The summed E-state index contributed by atoms with van der Waals surface area (Å²) in [5, 5.41) is 10.2. The van der Waals surface area contributed by atoms with Gasteiger partial charge in [0.2, 0.25) is 15.7 Å². The number of benzene rings is 1. The zero-order chi connectivity index (χ0) is 22.7. The van der Waals surface area contributed by atoms with Gasteiger partial charge >= 0.3 is 11.3 Å². The third-order valence-corrected chi connectivity index (χ3v) is 5.72. The molecule has 0 saturated carbocycles. The standard InChI is InChI=1S/C19H25Cl2N3O5S/c1-11(2)8-15(22-17(25)29-19(3,4)5)16-23-24-18(28-16)30(26,27)10-12-6-7-13(20)9-14(12)21/h6-7,9,11,15H,8,10H2,1-5H3,(H,22,25)/t15-/m1/s1. The van der Waals surface area contributed by atoms with Gasteiger partial charge in [0.1, 0.15) is 11.6 Å². The van der Waals surface area contributed by atoms with Crippen molar-refractivity contribution in [1.29, 1.82) is 0 Å². The van der Waals surface area contributed by atoms with Crippen molar-refractivity contribution < 1.29 is 22.4 Å². The Bertz CT molecular complexity index is 1000. The van der Waals surface area contributed by atoms with Crippen molar-refractivity contribution in [3.05, 3.63) is 39.7 Å². The lowest BCUT2D eigenvalue weighted by molar-refractivity contribution is 0.0487. The third-order valence-electron chi connectivity index (χ3n) is 3.74. The summed E-state index contributed by atoms with van der Waals surface area (Å²) in [5.41, 5.74) is -0.334. The van der Waals surface area contributed by atoms with Crippen LogP contribution >= 0.6 is 23.2 Å². The first kappa shape index (κ1) is 24.4. The fourth-order valence-electron chi connectivity index (χ4n) is 2.53. The van der Waals surface area contributed by atoms with Crippen molar-refractivity contribution in [2.75, 3.05) is 0 Å². The first-order chi connectivity index (χ1) is 13.8. The number of sulfone groups is 1. The second-order valence-electron chi connectivity index (χ2n) is 8.23. The summed E-state index contributed by atoms with van der Waals surface area (Å²) >= 11 is 11.9. The fourth-order valence-corrected chi connectivity index (χ4v) is 4.25. The molecule has 1 aromatic heterocycles. The fraction of sp³-hybridized carbons (Fsp3) is 0.526. The predicted octanol–water partition coefficient (Wildman–Crippen LogP) is 4.96. The molecule has 0 bridgehead atoms. The lowest BCUT2D eigenvalue weighted by Gasteiger charge is -2.22. The molecule has 0 spiro atoms. The van der Waals surface area contributed by atoms with E-state index in [9.17, 15) is 13.2 Å². The SMILES string of the molecule is CC(C)C[C@@H](NC(=O)OC(C)(C)C)c1nnc(S(=O)(=O)Cc2ccc(Cl)cc2Cl)o1. The molecular weight excluding hydrogens is 453 g/mol. The van der Waals surface area contributed by atoms with Gasteiger partial charge in [-0.3, -0.25) is 0 Å². The Kier molecular flexibility index (Phi) is 7.76. The summed E-state index contributed by atoms with van der Waals surface area (Å²) in [5.74, 6) is -0.293. The van der Waals surface area contributed by atoms with Gasteiger partial charge in [0.25, 0.3) is 0 Å². The summed E-state index contributed by atoms with van der Waals surface area (Å²) in [4.78, 5) is 12.2. The second kappa shape index (κ2) is 9.53. The van der Waals surface area contributed by atoms with E-state index in [0.717, 1.165) is 0 Å². The summed E-state index contributed by atoms with van der Waals surface area (Å²) in [7, 11) is -3.96. The molecule has 1 atom stereocenters. The van der Waals surface area contributed by atoms with Crippen molar-refractivity contribution in [2.24, 2.45) is 5.92 Å². The van der Waals surface area contributed by atoms with E-state index in [1.807, 2.05) is 13.8 Å². The molecular formula is C19H25Cl2N3O5S. The molecule has 2 aromatic rings. The number of hydrogen-bond donors (Lipinski definition) is 1. The van der Waals surface area contributed by atoms with E-state index in [-0.39, 0.29) is 16.8 Å². The number of carbonyl (C=O) groups is 1. The number of aromatic nitrogens is 2. The van der Waals surface area contributed by atoms with E-state index >= 15 is 0 Å². The maximum atomic E-state index is 12.7. The number of ether oxygens (including phenoxy) is 1. The first-order valence-corrected chi connectivity index (χ1v) is 11.7. The van der Waals surface area contributed by atoms with Crippen molar-refractivity contribution >= 4 is 39.1 Å². The lowest BCUT2D eigenvalue weighted by atomic mass is 10.0. The Morgan fingerprint density at radius 2 is 1.90 bits per heavy atom. The number of nitrogens with zero attached hydrogens (tertiary/aromatic N) is 2. The molecule has 0 aliphatic carbocycles. The number of rotatable bonds is 7. The van der Waals surface area contributed by atoms with Crippen LogP contribution in [0.15, 0.2) is 27.8 Å². The van der Waals surface area contributed by atoms with E-state index in [1.165, 1.54) is 12.1 Å². The first-order valence-electron chi connectivity index (χ1n) is 9.26. The molecule has 0 unspecified atom stereocenters. The maximum absolute atomic E-state index is 12.7. The van der Waals surface area contributed by atoms with Crippen molar-refractivity contribution in [2.45, 2.75) is 63.7 Å². The van der Waals surface area contributed by atoms with Crippen LogP contribution in [0.25, 0.3) is 0 Å². The topological polar surface area (TPSA) is 111 Å². The molecule has 0 aliphatic rings. The summed E-state index contributed by atoms with van der Waals surface area (Å²) in [6.45, 7) is 9.11. The zero-order valence-corrected chi connectivity index (χ0v) is 19.7. The van der Waals surface area contributed by atoms with Gasteiger partial charge < -0.3 is 14.5 Å². The molecule has 11 heteroatoms. The van der Waals surface area contributed by atoms with Gasteiger partial charge in [-0.2, -0.15) is 0 Å². The molecule has 0 saturated heterocycles. The Morgan fingerprint density at radius 3 is 2.47 bits per heavy atom. The van der Waals surface area contributed by atoms with Crippen LogP contribution in [0, 0.1) is 5.92 Å². The second-order valence-corrected chi connectivity index (χ2v) is 10.9. The van der Waals surface area contributed by atoms with Gasteiger partial charge in [-0.15, -0.1) is 5.10 Å². The molecule has 1 aromatic carbocycles.